The standard InChI is InChI=1S/C21H25N5O2/c1-2-4-16(5-3-1)20-23-18-17(15-25-6-10-27-11-7-25)14-22-19(18)21(24-20)26-8-12-28-13-9-26/h1-5,14,22H,6-13,15H2. The molecule has 4 heterocycles. The number of morpholine rings is 2. The second-order valence-electron chi connectivity index (χ2n) is 7.26. The molecule has 2 fully saturated rings. The number of benzene rings is 1. The van der Waals surface area contributed by atoms with E-state index < -0.39 is 0 Å². The largest absolute Gasteiger partial charge is 0.379 e. The molecule has 7 nitrogen and oxygen atoms in total. The number of nitrogens with one attached hydrogen (secondary N) is 1. The van der Waals surface area contributed by atoms with E-state index in [1.54, 1.807) is 0 Å². The lowest BCUT2D eigenvalue weighted by atomic mass is 10.2. The van der Waals surface area contributed by atoms with E-state index in [0.29, 0.717) is 0 Å². The molecule has 0 amide bonds. The third-order valence-corrected chi connectivity index (χ3v) is 5.43. The molecule has 2 aliphatic rings. The summed E-state index contributed by atoms with van der Waals surface area (Å²) in [6.45, 7) is 7.53. The molecule has 2 saturated heterocycles. The van der Waals surface area contributed by atoms with Gasteiger partial charge in [-0.1, -0.05) is 30.3 Å². The Labute approximate surface area is 164 Å². The van der Waals surface area contributed by atoms with Gasteiger partial charge in [-0.3, -0.25) is 4.90 Å². The predicted molar refractivity (Wildman–Crippen MR) is 108 cm³/mol. The Balaban J connectivity index is 1.58. The Morgan fingerprint density at radius 2 is 1.61 bits per heavy atom. The van der Waals surface area contributed by atoms with Gasteiger partial charge in [0.1, 0.15) is 5.52 Å². The van der Waals surface area contributed by atoms with Crippen LogP contribution in [0.25, 0.3) is 22.4 Å². The molecular weight excluding hydrogens is 354 g/mol. The molecule has 1 aromatic carbocycles. The van der Waals surface area contributed by atoms with Gasteiger partial charge in [-0.25, -0.2) is 9.97 Å². The lowest BCUT2D eigenvalue weighted by Crippen LogP contribution is -2.37. The van der Waals surface area contributed by atoms with E-state index in [1.807, 2.05) is 18.2 Å². The molecule has 0 spiro atoms. The molecule has 0 aliphatic carbocycles. The predicted octanol–water partition coefficient (Wildman–Crippen LogP) is 2.29. The number of aromatic amines is 1. The summed E-state index contributed by atoms with van der Waals surface area (Å²) in [5.41, 5.74) is 4.29. The van der Waals surface area contributed by atoms with Crippen molar-refractivity contribution in [2.24, 2.45) is 0 Å². The molecule has 0 atom stereocenters. The van der Waals surface area contributed by atoms with E-state index in [2.05, 4.69) is 33.1 Å². The van der Waals surface area contributed by atoms with Crippen molar-refractivity contribution in [2.45, 2.75) is 6.54 Å². The molecular formula is C21H25N5O2. The van der Waals surface area contributed by atoms with Gasteiger partial charge < -0.3 is 19.4 Å². The second-order valence-corrected chi connectivity index (χ2v) is 7.26. The molecule has 0 radical (unpaired) electrons. The van der Waals surface area contributed by atoms with Crippen LogP contribution in [0.4, 0.5) is 5.82 Å². The van der Waals surface area contributed by atoms with Crippen molar-refractivity contribution in [3.05, 3.63) is 42.1 Å². The minimum absolute atomic E-state index is 0.730. The molecule has 3 aromatic rings. The van der Waals surface area contributed by atoms with Crippen molar-refractivity contribution in [1.82, 2.24) is 19.9 Å². The number of rotatable bonds is 4. The summed E-state index contributed by atoms with van der Waals surface area (Å²) in [7, 11) is 0. The topological polar surface area (TPSA) is 66.5 Å². The van der Waals surface area contributed by atoms with E-state index in [-0.39, 0.29) is 0 Å². The highest BCUT2D eigenvalue weighted by Crippen LogP contribution is 2.30. The minimum atomic E-state index is 0.730. The smallest absolute Gasteiger partial charge is 0.162 e. The Kier molecular flexibility index (Phi) is 4.95. The molecule has 0 bridgehead atoms. The van der Waals surface area contributed by atoms with E-state index in [4.69, 9.17) is 19.4 Å². The van der Waals surface area contributed by atoms with Gasteiger partial charge in [-0.15, -0.1) is 0 Å². The molecule has 28 heavy (non-hydrogen) atoms. The van der Waals surface area contributed by atoms with Crippen molar-refractivity contribution in [1.29, 1.82) is 0 Å². The lowest BCUT2D eigenvalue weighted by Gasteiger charge is -2.28. The van der Waals surface area contributed by atoms with Crippen LogP contribution in [0.5, 0.6) is 0 Å². The normalized spacial score (nSPS) is 18.6. The monoisotopic (exact) mass is 379 g/mol. The van der Waals surface area contributed by atoms with Gasteiger partial charge in [0.25, 0.3) is 0 Å². The van der Waals surface area contributed by atoms with Gasteiger partial charge in [-0.05, 0) is 0 Å². The number of anilines is 1. The van der Waals surface area contributed by atoms with Crippen molar-refractivity contribution in [3.63, 3.8) is 0 Å². The van der Waals surface area contributed by atoms with Gasteiger partial charge >= 0.3 is 0 Å². The molecule has 2 aromatic heterocycles. The number of hydrogen-bond donors (Lipinski definition) is 1. The summed E-state index contributed by atoms with van der Waals surface area (Å²) in [6.07, 6.45) is 2.09. The number of fused-ring (bicyclic) bond motifs is 1. The first-order chi connectivity index (χ1) is 13.9. The van der Waals surface area contributed by atoms with Gasteiger partial charge in [0.2, 0.25) is 0 Å². The van der Waals surface area contributed by atoms with E-state index in [9.17, 15) is 0 Å². The van der Waals surface area contributed by atoms with Crippen LogP contribution in [0.2, 0.25) is 0 Å². The average Bonchev–Trinajstić information content (AvgIpc) is 3.18. The Morgan fingerprint density at radius 3 is 2.36 bits per heavy atom. The third kappa shape index (κ3) is 3.48. The van der Waals surface area contributed by atoms with Crippen molar-refractivity contribution in [2.75, 3.05) is 57.5 Å². The highest BCUT2D eigenvalue weighted by atomic mass is 16.5. The quantitative estimate of drug-likeness (QED) is 0.750. The molecule has 7 heteroatoms. The zero-order valence-corrected chi connectivity index (χ0v) is 15.9. The fourth-order valence-corrected chi connectivity index (χ4v) is 3.88. The van der Waals surface area contributed by atoms with Gasteiger partial charge in [0.15, 0.2) is 11.6 Å². The Bertz CT molecular complexity index is 931. The summed E-state index contributed by atoms with van der Waals surface area (Å²) in [4.78, 5) is 18.1. The zero-order valence-electron chi connectivity index (χ0n) is 15.9. The van der Waals surface area contributed by atoms with Crippen LogP contribution in [0.15, 0.2) is 36.5 Å². The molecule has 0 unspecified atom stereocenters. The Hall–Kier alpha value is -2.48. The SMILES string of the molecule is c1ccc(-c2nc(N3CCOCC3)c3[nH]cc(CN4CCOCC4)c3n2)cc1. The van der Waals surface area contributed by atoms with Crippen molar-refractivity contribution < 1.29 is 9.47 Å². The summed E-state index contributed by atoms with van der Waals surface area (Å²) < 4.78 is 11.0. The summed E-state index contributed by atoms with van der Waals surface area (Å²) in [6, 6.07) is 10.2. The van der Waals surface area contributed by atoms with Gasteiger partial charge in [0, 0.05) is 50.0 Å². The molecule has 5 rings (SSSR count). The molecule has 146 valence electrons. The minimum Gasteiger partial charge on any atom is -0.379 e. The van der Waals surface area contributed by atoms with Crippen LogP contribution >= 0.6 is 0 Å². The summed E-state index contributed by atoms with van der Waals surface area (Å²) in [5.74, 6) is 1.75. The number of hydrogen-bond acceptors (Lipinski definition) is 6. The number of aromatic nitrogens is 3. The maximum atomic E-state index is 5.54. The van der Waals surface area contributed by atoms with Crippen LogP contribution in [0, 0.1) is 0 Å². The number of H-pyrrole nitrogens is 1. The van der Waals surface area contributed by atoms with E-state index >= 15 is 0 Å². The zero-order chi connectivity index (χ0) is 18.8. The number of ether oxygens (including phenoxy) is 2. The Morgan fingerprint density at radius 1 is 0.893 bits per heavy atom. The van der Waals surface area contributed by atoms with E-state index in [0.717, 1.165) is 87.4 Å². The maximum Gasteiger partial charge on any atom is 0.162 e. The van der Waals surface area contributed by atoms with Crippen LogP contribution in [0.1, 0.15) is 5.56 Å². The molecule has 2 aliphatic heterocycles. The van der Waals surface area contributed by atoms with Crippen LogP contribution < -0.4 is 4.90 Å². The highest BCUT2D eigenvalue weighted by molar-refractivity contribution is 5.90. The van der Waals surface area contributed by atoms with Gasteiger partial charge in [0.05, 0.1) is 31.9 Å². The van der Waals surface area contributed by atoms with Crippen molar-refractivity contribution >= 4 is 16.9 Å². The second kappa shape index (κ2) is 7.87. The molecule has 0 saturated carbocycles. The number of nitrogens with zero attached hydrogens (tertiary/aromatic N) is 4. The van der Waals surface area contributed by atoms with Crippen molar-refractivity contribution in [3.8, 4) is 11.4 Å². The summed E-state index contributed by atoms with van der Waals surface area (Å²) >= 11 is 0. The third-order valence-electron chi connectivity index (χ3n) is 5.43. The fourth-order valence-electron chi connectivity index (χ4n) is 3.88. The van der Waals surface area contributed by atoms with Gasteiger partial charge in [-0.2, -0.15) is 0 Å². The van der Waals surface area contributed by atoms with Crippen LogP contribution in [-0.2, 0) is 16.0 Å². The first-order valence-corrected chi connectivity index (χ1v) is 9.95. The first kappa shape index (κ1) is 17.6. The van der Waals surface area contributed by atoms with E-state index in [1.165, 1.54) is 5.56 Å². The highest BCUT2D eigenvalue weighted by Gasteiger charge is 2.22. The fraction of sp³-hybridized carbons (Fsp3) is 0.429. The van der Waals surface area contributed by atoms with Crippen LogP contribution in [-0.4, -0.2) is 72.5 Å². The first-order valence-electron chi connectivity index (χ1n) is 9.95. The lowest BCUT2D eigenvalue weighted by molar-refractivity contribution is 0.0343. The molecule has 1 N–H and O–H groups in total. The van der Waals surface area contributed by atoms with Crippen LogP contribution in [0.3, 0.4) is 0 Å². The average molecular weight is 379 g/mol. The maximum absolute atomic E-state index is 5.54. The summed E-state index contributed by atoms with van der Waals surface area (Å²) in [5, 5.41) is 0.